The average Bonchev–Trinajstić information content (AvgIpc) is 2.35. The van der Waals surface area contributed by atoms with Gasteiger partial charge in [-0.15, -0.1) is 0 Å². The minimum absolute atomic E-state index is 0.0240. The van der Waals surface area contributed by atoms with Crippen molar-refractivity contribution in [3.63, 3.8) is 0 Å². The fourth-order valence-corrected chi connectivity index (χ4v) is 3.10. The second-order valence-electron chi connectivity index (χ2n) is 6.19. The molecule has 20 heavy (non-hydrogen) atoms. The normalized spacial score (nSPS) is 16.8. The van der Waals surface area contributed by atoms with Gasteiger partial charge in [0.2, 0.25) is 0 Å². The molecule has 104 valence electrons. The first-order chi connectivity index (χ1) is 9.63. The molecule has 2 N–H and O–H groups in total. The third kappa shape index (κ3) is 2.64. The van der Waals surface area contributed by atoms with Gasteiger partial charge >= 0.3 is 0 Å². The second-order valence-corrected chi connectivity index (χ2v) is 6.19. The van der Waals surface area contributed by atoms with Crippen molar-refractivity contribution in [3.8, 4) is 0 Å². The Bertz CT molecular complexity index is 573. The van der Waals surface area contributed by atoms with Crippen molar-refractivity contribution in [1.82, 2.24) is 0 Å². The van der Waals surface area contributed by atoms with Gasteiger partial charge in [-0.25, -0.2) is 0 Å². The molecule has 2 aromatic carbocycles. The molecule has 1 fully saturated rings. The van der Waals surface area contributed by atoms with Gasteiger partial charge in [0.1, 0.15) is 0 Å². The zero-order valence-electron chi connectivity index (χ0n) is 12.4. The van der Waals surface area contributed by atoms with E-state index in [0.29, 0.717) is 0 Å². The Labute approximate surface area is 121 Å². The van der Waals surface area contributed by atoms with Gasteiger partial charge in [0.15, 0.2) is 0 Å². The monoisotopic (exact) mass is 265 g/mol. The molecule has 0 heterocycles. The highest BCUT2D eigenvalue weighted by molar-refractivity contribution is 5.38. The highest BCUT2D eigenvalue weighted by Crippen LogP contribution is 2.36. The smallest absolute Gasteiger partial charge is 0.0551 e. The van der Waals surface area contributed by atoms with Crippen LogP contribution in [0.2, 0.25) is 0 Å². The molecule has 3 rings (SSSR count). The molecule has 1 aliphatic rings. The molecule has 0 amide bonds. The largest absolute Gasteiger partial charge is 0.320 e. The van der Waals surface area contributed by atoms with Crippen LogP contribution in [0.3, 0.4) is 0 Å². The lowest BCUT2D eigenvalue weighted by Crippen LogP contribution is -2.13. The van der Waals surface area contributed by atoms with Crippen LogP contribution < -0.4 is 5.73 Å². The maximum absolute atomic E-state index is 6.43. The molecule has 1 saturated carbocycles. The maximum atomic E-state index is 6.43. The minimum Gasteiger partial charge on any atom is -0.320 e. The Morgan fingerprint density at radius 2 is 1.50 bits per heavy atom. The van der Waals surface area contributed by atoms with E-state index in [1.54, 1.807) is 0 Å². The summed E-state index contributed by atoms with van der Waals surface area (Å²) in [4.78, 5) is 0. The second kappa shape index (κ2) is 5.41. The quantitative estimate of drug-likeness (QED) is 0.861. The van der Waals surface area contributed by atoms with Gasteiger partial charge in [-0.05, 0) is 49.3 Å². The van der Waals surface area contributed by atoms with Gasteiger partial charge in [0, 0.05) is 0 Å². The molecule has 1 nitrogen and oxygen atoms in total. The fourth-order valence-electron chi connectivity index (χ4n) is 3.10. The highest BCUT2D eigenvalue weighted by Gasteiger charge is 2.19. The maximum Gasteiger partial charge on any atom is 0.0551 e. The van der Waals surface area contributed by atoms with Crippen molar-refractivity contribution in [2.24, 2.45) is 5.73 Å². The lowest BCUT2D eigenvalue weighted by Gasteiger charge is -2.26. The molecule has 2 aromatic rings. The summed E-state index contributed by atoms with van der Waals surface area (Å²) in [5, 5.41) is 0. The van der Waals surface area contributed by atoms with Crippen molar-refractivity contribution in [3.05, 3.63) is 70.3 Å². The minimum atomic E-state index is -0.0240. The number of benzene rings is 2. The molecule has 1 aliphatic carbocycles. The van der Waals surface area contributed by atoms with Crippen LogP contribution in [-0.4, -0.2) is 0 Å². The van der Waals surface area contributed by atoms with Crippen LogP contribution in [0.25, 0.3) is 0 Å². The Hall–Kier alpha value is -1.60. The molecule has 0 radical (unpaired) electrons. The first kappa shape index (κ1) is 13.4. The van der Waals surface area contributed by atoms with Crippen molar-refractivity contribution in [2.75, 3.05) is 0 Å². The van der Waals surface area contributed by atoms with E-state index >= 15 is 0 Å². The Kier molecular flexibility index (Phi) is 3.62. The molecule has 0 aromatic heterocycles. The summed E-state index contributed by atoms with van der Waals surface area (Å²) in [6.45, 7) is 4.26. The molecule has 0 spiro atoms. The highest BCUT2D eigenvalue weighted by atomic mass is 14.6. The van der Waals surface area contributed by atoms with Gasteiger partial charge in [0.05, 0.1) is 6.04 Å². The van der Waals surface area contributed by atoms with E-state index in [9.17, 15) is 0 Å². The van der Waals surface area contributed by atoms with E-state index in [1.165, 1.54) is 47.1 Å². The number of rotatable bonds is 3. The first-order valence-corrected chi connectivity index (χ1v) is 7.57. The summed E-state index contributed by atoms with van der Waals surface area (Å²) in [6.07, 6.45) is 4.08. The molecular formula is C19H23N. The van der Waals surface area contributed by atoms with Crippen molar-refractivity contribution in [1.29, 1.82) is 0 Å². The van der Waals surface area contributed by atoms with E-state index in [4.69, 9.17) is 5.73 Å². The zero-order valence-corrected chi connectivity index (χ0v) is 12.4. The van der Waals surface area contributed by atoms with Crippen LogP contribution >= 0.6 is 0 Å². The lowest BCUT2D eigenvalue weighted by atomic mass is 9.79. The van der Waals surface area contributed by atoms with E-state index in [2.05, 4.69) is 56.3 Å². The summed E-state index contributed by atoms with van der Waals surface area (Å²) in [5.74, 6) is 0.793. The van der Waals surface area contributed by atoms with Crippen LogP contribution in [-0.2, 0) is 0 Å². The summed E-state index contributed by atoms with van der Waals surface area (Å²) in [5.41, 5.74) is 12.9. The van der Waals surface area contributed by atoms with Crippen LogP contribution in [0.5, 0.6) is 0 Å². The van der Waals surface area contributed by atoms with Crippen molar-refractivity contribution in [2.45, 2.75) is 45.1 Å². The third-order valence-electron chi connectivity index (χ3n) is 4.48. The number of aryl methyl sites for hydroxylation is 2. The first-order valence-electron chi connectivity index (χ1n) is 7.57. The Morgan fingerprint density at radius 3 is 2.00 bits per heavy atom. The lowest BCUT2D eigenvalue weighted by molar-refractivity contribution is 0.419. The molecule has 0 bridgehead atoms. The SMILES string of the molecule is Cc1cc(C)cc(C(N)c2ccc(C3CCC3)cc2)c1. The van der Waals surface area contributed by atoms with Gasteiger partial charge in [-0.3, -0.25) is 0 Å². The standard InChI is InChI=1S/C19H23N/c1-13-10-14(2)12-18(11-13)19(20)17-8-6-16(7-9-17)15-4-3-5-15/h6-12,15,19H,3-5,20H2,1-2H3. The predicted molar refractivity (Wildman–Crippen MR) is 85.0 cm³/mol. The Morgan fingerprint density at radius 1 is 0.900 bits per heavy atom. The van der Waals surface area contributed by atoms with Gasteiger partial charge in [-0.1, -0.05) is 60.0 Å². The topological polar surface area (TPSA) is 26.0 Å². The molecular weight excluding hydrogens is 242 g/mol. The van der Waals surface area contributed by atoms with Crippen molar-refractivity contribution >= 4 is 0 Å². The van der Waals surface area contributed by atoms with Crippen LogP contribution in [0.1, 0.15) is 59.0 Å². The Balaban J connectivity index is 1.83. The molecule has 1 atom stereocenters. The van der Waals surface area contributed by atoms with Gasteiger partial charge in [-0.2, -0.15) is 0 Å². The van der Waals surface area contributed by atoms with E-state index in [-0.39, 0.29) is 6.04 Å². The third-order valence-corrected chi connectivity index (χ3v) is 4.48. The van der Waals surface area contributed by atoms with E-state index in [1.807, 2.05) is 0 Å². The fraction of sp³-hybridized carbons (Fsp3) is 0.368. The summed E-state index contributed by atoms with van der Waals surface area (Å²) in [6, 6.07) is 15.5. The van der Waals surface area contributed by atoms with Gasteiger partial charge in [0.25, 0.3) is 0 Å². The molecule has 1 unspecified atom stereocenters. The predicted octanol–water partition coefficient (Wildman–Crippen LogP) is 4.62. The van der Waals surface area contributed by atoms with Crippen molar-refractivity contribution < 1.29 is 0 Å². The molecule has 1 heteroatoms. The number of hydrogen-bond acceptors (Lipinski definition) is 1. The number of nitrogens with two attached hydrogens (primary N) is 1. The molecule has 0 aliphatic heterocycles. The van der Waals surface area contributed by atoms with Crippen LogP contribution in [0, 0.1) is 13.8 Å². The summed E-state index contributed by atoms with van der Waals surface area (Å²) in [7, 11) is 0. The summed E-state index contributed by atoms with van der Waals surface area (Å²) < 4.78 is 0. The van der Waals surface area contributed by atoms with E-state index in [0.717, 1.165) is 5.92 Å². The summed E-state index contributed by atoms with van der Waals surface area (Å²) >= 11 is 0. The molecule has 0 saturated heterocycles. The van der Waals surface area contributed by atoms with Gasteiger partial charge < -0.3 is 5.73 Å². The number of hydrogen-bond donors (Lipinski definition) is 1. The van der Waals surface area contributed by atoms with Crippen LogP contribution in [0.4, 0.5) is 0 Å². The average molecular weight is 265 g/mol. The van der Waals surface area contributed by atoms with Crippen LogP contribution in [0.15, 0.2) is 42.5 Å². The van der Waals surface area contributed by atoms with E-state index < -0.39 is 0 Å². The zero-order chi connectivity index (χ0) is 14.1.